The highest BCUT2D eigenvalue weighted by Crippen LogP contribution is 2.47. The second-order valence-electron chi connectivity index (χ2n) is 8.36. The fraction of sp³-hybridized carbons (Fsp3) is 0.480. The lowest BCUT2D eigenvalue weighted by Crippen LogP contribution is -2.35. The van der Waals surface area contributed by atoms with Gasteiger partial charge in [0, 0.05) is 36.3 Å². The Kier molecular flexibility index (Phi) is 6.78. The van der Waals surface area contributed by atoms with Crippen LogP contribution in [-0.2, 0) is 0 Å². The minimum absolute atomic E-state index is 0.00165. The summed E-state index contributed by atoms with van der Waals surface area (Å²) in [5, 5.41) is 10.5. The molecule has 6 nitrogen and oxygen atoms in total. The average Bonchev–Trinajstić information content (AvgIpc) is 3.31. The van der Waals surface area contributed by atoms with Crippen molar-refractivity contribution in [1.82, 2.24) is 15.5 Å². The summed E-state index contributed by atoms with van der Waals surface area (Å²) in [6.07, 6.45) is 1.11. The van der Waals surface area contributed by atoms with E-state index < -0.39 is 0 Å². The molecule has 0 radical (unpaired) electrons. The number of benzene rings is 2. The molecular formula is C25H34N4O2. The van der Waals surface area contributed by atoms with Gasteiger partial charge in [-0.25, -0.2) is 0 Å². The van der Waals surface area contributed by atoms with Gasteiger partial charge in [0.1, 0.15) is 5.75 Å². The van der Waals surface area contributed by atoms with Crippen LogP contribution >= 0.6 is 0 Å². The third-order valence-electron chi connectivity index (χ3n) is 6.74. The Morgan fingerprint density at radius 1 is 1.13 bits per heavy atom. The molecule has 1 fully saturated rings. The number of amides is 1. The molecular weight excluding hydrogens is 388 g/mol. The van der Waals surface area contributed by atoms with Crippen molar-refractivity contribution in [1.29, 1.82) is 0 Å². The van der Waals surface area contributed by atoms with Gasteiger partial charge in [-0.05, 0) is 67.5 Å². The Balaban J connectivity index is 1.50. The summed E-state index contributed by atoms with van der Waals surface area (Å²) in [7, 11) is 1.69. The molecule has 3 atom stereocenters. The second kappa shape index (κ2) is 9.71. The number of rotatable bonds is 8. The summed E-state index contributed by atoms with van der Waals surface area (Å²) in [5.74, 6) is 1.32. The zero-order valence-corrected chi connectivity index (χ0v) is 18.8. The molecule has 2 aromatic rings. The number of fused-ring (bicyclic) bond motifs is 3. The maximum absolute atomic E-state index is 12.7. The molecule has 0 aliphatic carbocycles. The van der Waals surface area contributed by atoms with Crippen LogP contribution < -0.4 is 20.7 Å². The van der Waals surface area contributed by atoms with Gasteiger partial charge in [-0.3, -0.25) is 4.79 Å². The maximum atomic E-state index is 12.7. The third-order valence-corrected chi connectivity index (χ3v) is 6.74. The lowest BCUT2D eigenvalue weighted by Gasteiger charge is -2.37. The number of likely N-dealkylation sites (N-methyl/N-ethyl adjacent to an activating group) is 1. The Morgan fingerprint density at radius 3 is 2.61 bits per heavy atom. The second-order valence-corrected chi connectivity index (χ2v) is 8.36. The van der Waals surface area contributed by atoms with E-state index in [1.165, 1.54) is 11.1 Å². The van der Waals surface area contributed by atoms with Crippen molar-refractivity contribution in [2.75, 3.05) is 45.2 Å². The summed E-state index contributed by atoms with van der Waals surface area (Å²) < 4.78 is 5.32. The van der Waals surface area contributed by atoms with E-state index in [9.17, 15) is 4.79 Å². The van der Waals surface area contributed by atoms with E-state index >= 15 is 0 Å². The van der Waals surface area contributed by atoms with Gasteiger partial charge in [-0.15, -0.1) is 0 Å². The minimum Gasteiger partial charge on any atom is -0.497 e. The SMILES string of the molecule is CCN(CC)CCNC(=O)c1ccc2c(c1)C1NCCC1C(c1ccc(OC)cc1)N2. The van der Waals surface area contributed by atoms with Crippen molar-refractivity contribution < 1.29 is 9.53 Å². The molecule has 1 saturated heterocycles. The molecule has 3 unspecified atom stereocenters. The van der Waals surface area contributed by atoms with Crippen LogP contribution in [0.2, 0.25) is 0 Å². The monoisotopic (exact) mass is 422 g/mol. The van der Waals surface area contributed by atoms with Crippen LogP contribution in [0.1, 0.15) is 53.8 Å². The molecule has 3 N–H and O–H groups in total. The number of nitrogens with zero attached hydrogens (tertiary/aromatic N) is 1. The summed E-state index contributed by atoms with van der Waals surface area (Å²) in [5.41, 5.74) is 4.30. The average molecular weight is 423 g/mol. The van der Waals surface area contributed by atoms with Crippen molar-refractivity contribution in [3.63, 3.8) is 0 Å². The van der Waals surface area contributed by atoms with Crippen LogP contribution in [0.15, 0.2) is 42.5 Å². The first-order valence-electron chi connectivity index (χ1n) is 11.4. The molecule has 0 bridgehead atoms. The van der Waals surface area contributed by atoms with E-state index in [0.29, 0.717) is 12.5 Å². The highest BCUT2D eigenvalue weighted by Gasteiger charge is 2.40. The molecule has 0 spiro atoms. The molecule has 0 aromatic heterocycles. The van der Waals surface area contributed by atoms with Gasteiger partial charge >= 0.3 is 0 Å². The number of methoxy groups -OCH3 is 1. The minimum atomic E-state index is 0.00165. The topological polar surface area (TPSA) is 65.6 Å². The number of ether oxygens (including phenoxy) is 1. The van der Waals surface area contributed by atoms with Gasteiger partial charge in [-0.2, -0.15) is 0 Å². The van der Waals surface area contributed by atoms with Gasteiger partial charge in [0.25, 0.3) is 5.91 Å². The number of hydrogen-bond donors (Lipinski definition) is 3. The van der Waals surface area contributed by atoms with Crippen molar-refractivity contribution in [3.8, 4) is 5.75 Å². The van der Waals surface area contributed by atoms with Crippen LogP contribution in [0.3, 0.4) is 0 Å². The Morgan fingerprint density at radius 2 is 1.90 bits per heavy atom. The molecule has 0 saturated carbocycles. The highest BCUT2D eigenvalue weighted by molar-refractivity contribution is 5.95. The third kappa shape index (κ3) is 4.55. The molecule has 2 aliphatic rings. The molecule has 31 heavy (non-hydrogen) atoms. The quantitative estimate of drug-likeness (QED) is 0.607. The Hall–Kier alpha value is -2.57. The van der Waals surface area contributed by atoms with Crippen LogP contribution in [0.25, 0.3) is 0 Å². The highest BCUT2D eigenvalue weighted by atomic mass is 16.5. The number of carbonyl (C=O) groups excluding carboxylic acids is 1. The van der Waals surface area contributed by atoms with Crippen molar-refractivity contribution in [2.24, 2.45) is 5.92 Å². The van der Waals surface area contributed by atoms with E-state index in [1.54, 1.807) is 7.11 Å². The Labute approximate surface area is 185 Å². The summed E-state index contributed by atoms with van der Waals surface area (Å²) >= 11 is 0. The van der Waals surface area contributed by atoms with Crippen LogP contribution in [-0.4, -0.2) is 50.6 Å². The lowest BCUT2D eigenvalue weighted by atomic mass is 9.80. The number of anilines is 1. The van der Waals surface area contributed by atoms with Crippen LogP contribution in [0.4, 0.5) is 5.69 Å². The van der Waals surface area contributed by atoms with Gasteiger partial charge in [0.2, 0.25) is 0 Å². The van der Waals surface area contributed by atoms with E-state index in [-0.39, 0.29) is 18.0 Å². The predicted molar refractivity (Wildman–Crippen MR) is 125 cm³/mol. The summed E-state index contributed by atoms with van der Waals surface area (Å²) in [6.45, 7) is 8.82. The smallest absolute Gasteiger partial charge is 0.251 e. The molecule has 2 aromatic carbocycles. The van der Waals surface area contributed by atoms with Gasteiger partial charge < -0.3 is 25.6 Å². The molecule has 2 aliphatic heterocycles. The zero-order chi connectivity index (χ0) is 21.8. The first-order valence-corrected chi connectivity index (χ1v) is 11.4. The zero-order valence-electron chi connectivity index (χ0n) is 18.8. The van der Waals surface area contributed by atoms with Crippen molar-refractivity contribution in [2.45, 2.75) is 32.4 Å². The lowest BCUT2D eigenvalue weighted by molar-refractivity contribution is 0.0948. The normalized spacial score (nSPS) is 21.9. The largest absolute Gasteiger partial charge is 0.497 e. The van der Waals surface area contributed by atoms with E-state index in [0.717, 1.165) is 49.6 Å². The predicted octanol–water partition coefficient (Wildman–Crippen LogP) is 3.58. The Bertz CT molecular complexity index is 895. The first-order chi connectivity index (χ1) is 15.1. The standard InChI is InChI=1S/C25H34N4O2/c1-4-29(5-2)15-14-27-25(30)18-8-11-22-21(16-18)24-20(12-13-26-24)23(28-22)17-6-9-19(31-3)10-7-17/h6-11,16,20,23-24,26,28H,4-5,12-15H2,1-3H3,(H,27,30). The van der Waals surface area contributed by atoms with E-state index in [1.807, 2.05) is 18.2 Å². The fourth-order valence-electron chi connectivity index (χ4n) is 4.90. The molecule has 166 valence electrons. The van der Waals surface area contributed by atoms with Gasteiger partial charge in [0.15, 0.2) is 0 Å². The number of carbonyl (C=O) groups is 1. The maximum Gasteiger partial charge on any atom is 0.251 e. The van der Waals surface area contributed by atoms with E-state index in [4.69, 9.17) is 4.74 Å². The summed E-state index contributed by atoms with van der Waals surface area (Å²) in [6, 6.07) is 14.9. The summed E-state index contributed by atoms with van der Waals surface area (Å²) in [4.78, 5) is 15.1. The molecule has 4 rings (SSSR count). The fourth-order valence-corrected chi connectivity index (χ4v) is 4.90. The van der Waals surface area contributed by atoms with Gasteiger partial charge in [-0.1, -0.05) is 26.0 Å². The number of hydrogen-bond acceptors (Lipinski definition) is 5. The molecule has 6 heteroatoms. The van der Waals surface area contributed by atoms with E-state index in [2.05, 4.69) is 59.0 Å². The van der Waals surface area contributed by atoms with Gasteiger partial charge in [0.05, 0.1) is 13.2 Å². The number of nitrogens with one attached hydrogen (secondary N) is 3. The molecule has 1 amide bonds. The van der Waals surface area contributed by atoms with Crippen molar-refractivity contribution >= 4 is 11.6 Å². The van der Waals surface area contributed by atoms with Crippen LogP contribution in [0, 0.1) is 5.92 Å². The van der Waals surface area contributed by atoms with Crippen molar-refractivity contribution in [3.05, 3.63) is 59.2 Å². The van der Waals surface area contributed by atoms with Crippen LogP contribution in [0.5, 0.6) is 5.75 Å². The first kappa shape index (κ1) is 21.7. The molecule has 2 heterocycles.